The first kappa shape index (κ1) is 14.7. The standard InChI is InChI=1S/C11H13F2N5O4/c1-5-4-18(10(20)15-9(5)19)8-3-7(6(2)21-8)22-11(12,13)16-17-14/h4,6-8H,3H2,1-2H3,(H,15,19,20)/t6-,7?,8-/m1/s1/i2D. The summed E-state index contributed by atoms with van der Waals surface area (Å²) in [5.41, 5.74) is 6.98. The number of nitrogens with one attached hydrogen (secondary N) is 1. The van der Waals surface area contributed by atoms with E-state index in [9.17, 15) is 18.4 Å². The van der Waals surface area contributed by atoms with E-state index in [0.717, 1.165) is 4.57 Å². The van der Waals surface area contributed by atoms with Crippen molar-refractivity contribution in [2.75, 3.05) is 0 Å². The van der Waals surface area contributed by atoms with Gasteiger partial charge in [-0.2, -0.15) is 8.78 Å². The minimum Gasteiger partial charge on any atom is -0.352 e. The van der Waals surface area contributed by atoms with Crippen LogP contribution in [0.1, 0.15) is 26.5 Å². The molecule has 2 heterocycles. The van der Waals surface area contributed by atoms with Crippen molar-refractivity contribution in [3.05, 3.63) is 43.0 Å². The normalized spacial score (nSPS) is 25.6. The number of nitrogens with zero attached hydrogens (tertiary/aromatic N) is 4. The number of halogens is 2. The van der Waals surface area contributed by atoms with Gasteiger partial charge in [-0.25, -0.2) is 4.79 Å². The van der Waals surface area contributed by atoms with E-state index in [1.165, 1.54) is 13.1 Å². The maximum absolute atomic E-state index is 13.2. The Kier molecular flexibility index (Phi) is 3.92. The lowest BCUT2D eigenvalue weighted by Gasteiger charge is -2.18. The van der Waals surface area contributed by atoms with Gasteiger partial charge in [-0.3, -0.25) is 14.3 Å². The lowest BCUT2D eigenvalue weighted by Crippen LogP contribution is -2.33. The summed E-state index contributed by atoms with van der Waals surface area (Å²) in [7, 11) is 0. The maximum Gasteiger partial charge on any atom is 0.437 e. The van der Waals surface area contributed by atoms with E-state index in [1.54, 1.807) is 0 Å². The molecule has 1 unspecified atom stereocenters. The summed E-state index contributed by atoms with van der Waals surface area (Å²) in [4.78, 5) is 27.2. The number of aryl methyl sites for hydroxylation is 1. The van der Waals surface area contributed by atoms with Crippen molar-refractivity contribution in [1.82, 2.24) is 9.55 Å². The van der Waals surface area contributed by atoms with Gasteiger partial charge in [0, 0.05) is 29.6 Å². The molecule has 0 spiro atoms. The summed E-state index contributed by atoms with van der Waals surface area (Å²) in [6, 6.07) is 0. The third-order valence-electron chi connectivity index (χ3n) is 3.09. The molecule has 1 aromatic rings. The van der Waals surface area contributed by atoms with Crippen molar-refractivity contribution in [1.29, 1.82) is 0 Å². The molecule has 0 amide bonds. The van der Waals surface area contributed by atoms with Gasteiger partial charge in [0.05, 0.1) is 12.2 Å². The summed E-state index contributed by atoms with van der Waals surface area (Å²) >= 11 is 0. The second-order valence-electron chi connectivity index (χ2n) is 4.68. The van der Waals surface area contributed by atoms with Crippen LogP contribution in [0.25, 0.3) is 10.4 Å². The van der Waals surface area contributed by atoms with Crippen molar-refractivity contribution < 1.29 is 19.6 Å². The molecule has 1 aliphatic rings. The predicted octanol–water partition coefficient (Wildman–Crippen LogP) is 1.40. The second-order valence-corrected chi connectivity index (χ2v) is 4.68. The number of alkyl halides is 2. The molecule has 1 aliphatic heterocycles. The first-order valence-corrected chi connectivity index (χ1v) is 6.16. The van der Waals surface area contributed by atoms with Crippen molar-refractivity contribution in [2.24, 2.45) is 5.11 Å². The summed E-state index contributed by atoms with van der Waals surface area (Å²) in [5.74, 6) is 0. The van der Waals surface area contributed by atoms with Crippen LogP contribution >= 0.6 is 0 Å². The number of azide groups is 1. The summed E-state index contributed by atoms with van der Waals surface area (Å²) < 4.78 is 44.6. The van der Waals surface area contributed by atoms with Crippen LogP contribution in [0.15, 0.2) is 20.9 Å². The number of hydrogen-bond donors (Lipinski definition) is 1. The van der Waals surface area contributed by atoms with E-state index in [0.29, 0.717) is 0 Å². The SMILES string of the molecule is [2H]C[C@H]1O[C@@H](n2cc(C)c(=O)[nH]c2=O)CC1OC(F)(F)N=[N+]=[N-]. The third-order valence-corrected chi connectivity index (χ3v) is 3.09. The largest absolute Gasteiger partial charge is 0.437 e. The maximum atomic E-state index is 13.2. The van der Waals surface area contributed by atoms with Gasteiger partial charge in [0.2, 0.25) is 0 Å². The van der Waals surface area contributed by atoms with Crippen LogP contribution in [-0.2, 0) is 9.47 Å². The zero-order chi connectivity index (χ0) is 17.2. The van der Waals surface area contributed by atoms with Gasteiger partial charge in [0.15, 0.2) is 0 Å². The van der Waals surface area contributed by atoms with Gasteiger partial charge in [0.25, 0.3) is 5.56 Å². The lowest BCUT2D eigenvalue weighted by atomic mass is 10.2. The molecule has 120 valence electrons. The second kappa shape index (κ2) is 5.87. The molecule has 0 saturated carbocycles. The first-order chi connectivity index (χ1) is 10.8. The number of H-pyrrole nitrogens is 1. The minimum atomic E-state index is -4.09. The highest BCUT2D eigenvalue weighted by atomic mass is 19.3. The minimum absolute atomic E-state index is 0.175. The van der Waals surface area contributed by atoms with E-state index in [-0.39, 0.29) is 12.0 Å². The molecule has 1 saturated heterocycles. The number of aromatic amines is 1. The number of rotatable bonds is 4. The topological polar surface area (TPSA) is 122 Å². The average Bonchev–Trinajstić information content (AvgIpc) is 2.84. The molecule has 0 aromatic carbocycles. The Balaban J connectivity index is 2.25. The zero-order valence-electron chi connectivity index (χ0n) is 12.4. The Bertz CT molecular complexity index is 745. The molecule has 22 heavy (non-hydrogen) atoms. The smallest absolute Gasteiger partial charge is 0.352 e. The fraction of sp³-hybridized carbons (Fsp3) is 0.636. The van der Waals surface area contributed by atoms with Crippen molar-refractivity contribution >= 4 is 0 Å². The van der Waals surface area contributed by atoms with Gasteiger partial charge in [-0.1, -0.05) is 0 Å². The summed E-state index contributed by atoms with van der Waals surface area (Å²) in [5, 5.41) is 2.22. The van der Waals surface area contributed by atoms with Crippen LogP contribution in [0.2, 0.25) is 0 Å². The molecule has 0 bridgehead atoms. The van der Waals surface area contributed by atoms with Crippen LogP contribution in [0.5, 0.6) is 0 Å². The van der Waals surface area contributed by atoms with Crippen LogP contribution < -0.4 is 11.2 Å². The Morgan fingerprint density at radius 2 is 2.41 bits per heavy atom. The molecular formula is C11H13F2N5O4. The van der Waals surface area contributed by atoms with Gasteiger partial charge in [-0.15, -0.1) is 0 Å². The Morgan fingerprint density at radius 3 is 3.05 bits per heavy atom. The van der Waals surface area contributed by atoms with Crippen LogP contribution in [-0.4, -0.2) is 28.0 Å². The molecule has 1 fully saturated rings. The van der Waals surface area contributed by atoms with Crippen molar-refractivity contribution in [3.63, 3.8) is 0 Å². The van der Waals surface area contributed by atoms with Gasteiger partial charge in [-0.05, 0) is 19.4 Å². The molecular weight excluding hydrogens is 304 g/mol. The number of aromatic nitrogens is 2. The first-order valence-electron chi connectivity index (χ1n) is 6.86. The van der Waals surface area contributed by atoms with Gasteiger partial charge >= 0.3 is 11.9 Å². The molecule has 0 radical (unpaired) electrons. The van der Waals surface area contributed by atoms with Crippen LogP contribution in [0.4, 0.5) is 8.78 Å². The summed E-state index contributed by atoms with van der Waals surface area (Å²) in [6.07, 6.45) is -6.31. The molecule has 1 N–H and O–H groups in total. The van der Waals surface area contributed by atoms with E-state index in [4.69, 9.17) is 11.6 Å². The number of ether oxygens (including phenoxy) is 2. The van der Waals surface area contributed by atoms with Gasteiger partial charge in [0.1, 0.15) is 6.23 Å². The van der Waals surface area contributed by atoms with Crippen LogP contribution in [0, 0.1) is 6.92 Å². The molecule has 11 heteroatoms. The summed E-state index contributed by atoms with van der Waals surface area (Å²) in [6.45, 7) is 1.07. The van der Waals surface area contributed by atoms with E-state index in [2.05, 4.69) is 14.8 Å². The zero-order valence-corrected chi connectivity index (χ0v) is 11.4. The highest BCUT2D eigenvalue weighted by Gasteiger charge is 2.41. The molecule has 9 nitrogen and oxygen atoms in total. The monoisotopic (exact) mass is 318 g/mol. The Labute approximate surface area is 123 Å². The van der Waals surface area contributed by atoms with Crippen molar-refractivity contribution in [3.8, 4) is 0 Å². The molecule has 1 aromatic heterocycles. The lowest BCUT2D eigenvalue weighted by molar-refractivity contribution is -0.262. The van der Waals surface area contributed by atoms with Crippen LogP contribution in [0.3, 0.4) is 0 Å². The predicted molar refractivity (Wildman–Crippen MR) is 69.2 cm³/mol. The van der Waals surface area contributed by atoms with E-state index in [1.807, 2.05) is 4.91 Å². The number of hydrogen-bond acceptors (Lipinski definition) is 5. The quantitative estimate of drug-likeness (QED) is 0.390. The van der Waals surface area contributed by atoms with E-state index >= 15 is 0 Å². The fourth-order valence-electron chi connectivity index (χ4n) is 2.06. The molecule has 0 aliphatic carbocycles. The highest BCUT2D eigenvalue weighted by molar-refractivity contribution is 5.02. The molecule has 2 rings (SSSR count). The Morgan fingerprint density at radius 1 is 1.68 bits per heavy atom. The fourth-order valence-corrected chi connectivity index (χ4v) is 2.06. The highest BCUT2D eigenvalue weighted by Crippen LogP contribution is 2.33. The Hall–Kier alpha value is -2.23. The average molecular weight is 318 g/mol. The van der Waals surface area contributed by atoms with Gasteiger partial charge < -0.3 is 9.47 Å². The third kappa shape index (κ3) is 3.32. The van der Waals surface area contributed by atoms with Crippen molar-refractivity contribution in [2.45, 2.75) is 44.9 Å². The van der Waals surface area contributed by atoms with E-state index < -0.39 is 42.8 Å². The molecule has 3 atom stereocenters.